The van der Waals surface area contributed by atoms with E-state index in [4.69, 9.17) is 0 Å². The first-order chi connectivity index (χ1) is 3.80. The molecule has 0 bridgehead atoms. The molecular formula is C5H8N2O. The van der Waals surface area contributed by atoms with Crippen molar-refractivity contribution in [3.05, 3.63) is 0 Å². The number of amides is 1. The number of aliphatic imine (C=N–C) groups is 1. The molecule has 1 heterocycles. The van der Waals surface area contributed by atoms with E-state index in [1.807, 2.05) is 0 Å². The quantitative estimate of drug-likeness (QED) is 0.454. The Labute approximate surface area is 47.8 Å². The van der Waals surface area contributed by atoms with E-state index in [-0.39, 0.29) is 5.91 Å². The van der Waals surface area contributed by atoms with Crippen LogP contribution in [-0.2, 0) is 4.79 Å². The lowest BCUT2D eigenvalue weighted by atomic mass is 10.3. The summed E-state index contributed by atoms with van der Waals surface area (Å²) >= 11 is 0. The highest BCUT2D eigenvalue weighted by molar-refractivity contribution is 6.38. The summed E-state index contributed by atoms with van der Waals surface area (Å²) in [5.41, 5.74) is 0.594. The van der Waals surface area contributed by atoms with Gasteiger partial charge in [0, 0.05) is 6.54 Å². The number of nitrogens with one attached hydrogen (secondary N) is 1. The third-order valence-corrected chi connectivity index (χ3v) is 1.07. The van der Waals surface area contributed by atoms with Gasteiger partial charge >= 0.3 is 0 Å². The first kappa shape index (κ1) is 5.28. The van der Waals surface area contributed by atoms with Crippen molar-refractivity contribution >= 4 is 11.6 Å². The van der Waals surface area contributed by atoms with Crippen LogP contribution in [0.15, 0.2) is 4.99 Å². The van der Waals surface area contributed by atoms with Gasteiger partial charge in [0.1, 0.15) is 0 Å². The zero-order valence-corrected chi connectivity index (χ0v) is 4.77. The predicted molar refractivity (Wildman–Crippen MR) is 31.0 cm³/mol. The monoisotopic (exact) mass is 112 g/mol. The molecule has 3 nitrogen and oxygen atoms in total. The van der Waals surface area contributed by atoms with Gasteiger partial charge in [0.15, 0.2) is 0 Å². The normalized spacial score (nSPS) is 19.6. The number of rotatable bonds is 0. The minimum Gasteiger partial charge on any atom is -0.349 e. The van der Waals surface area contributed by atoms with Gasteiger partial charge in [-0.25, -0.2) is 0 Å². The lowest BCUT2D eigenvalue weighted by Gasteiger charge is -2.07. The van der Waals surface area contributed by atoms with Crippen molar-refractivity contribution in [2.75, 3.05) is 13.1 Å². The average Bonchev–Trinajstić information content (AvgIpc) is 1.77. The van der Waals surface area contributed by atoms with E-state index in [9.17, 15) is 4.79 Å². The van der Waals surface area contributed by atoms with Gasteiger partial charge in [-0.15, -0.1) is 0 Å². The number of hydrogen-bond acceptors (Lipinski definition) is 2. The largest absolute Gasteiger partial charge is 0.349 e. The highest BCUT2D eigenvalue weighted by atomic mass is 16.1. The van der Waals surface area contributed by atoms with E-state index >= 15 is 0 Å². The van der Waals surface area contributed by atoms with E-state index in [2.05, 4.69) is 10.3 Å². The SMILES string of the molecule is CC1=NCCNC1=O. The Hall–Kier alpha value is -0.860. The van der Waals surface area contributed by atoms with Crippen LogP contribution in [0, 0.1) is 0 Å². The van der Waals surface area contributed by atoms with E-state index in [1.54, 1.807) is 6.92 Å². The summed E-state index contributed by atoms with van der Waals surface area (Å²) in [7, 11) is 0. The first-order valence-corrected chi connectivity index (χ1v) is 2.60. The summed E-state index contributed by atoms with van der Waals surface area (Å²) in [6, 6.07) is 0. The van der Waals surface area contributed by atoms with Crippen LogP contribution in [-0.4, -0.2) is 24.7 Å². The number of carbonyl (C=O) groups is 1. The lowest BCUT2D eigenvalue weighted by Crippen LogP contribution is -2.35. The van der Waals surface area contributed by atoms with Crippen molar-refractivity contribution in [2.45, 2.75) is 6.92 Å². The van der Waals surface area contributed by atoms with Gasteiger partial charge in [-0.05, 0) is 6.92 Å². The number of nitrogens with zero attached hydrogens (tertiary/aromatic N) is 1. The van der Waals surface area contributed by atoms with Crippen LogP contribution in [0.1, 0.15) is 6.92 Å². The van der Waals surface area contributed by atoms with E-state index in [1.165, 1.54) is 0 Å². The van der Waals surface area contributed by atoms with Crippen LogP contribution in [0.4, 0.5) is 0 Å². The van der Waals surface area contributed by atoms with Gasteiger partial charge in [-0.1, -0.05) is 0 Å². The molecule has 0 fully saturated rings. The second-order valence-electron chi connectivity index (χ2n) is 1.72. The highest BCUT2D eigenvalue weighted by Gasteiger charge is 2.07. The molecule has 0 saturated heterocycles. The van der Waals surface area contributed by atoms with Gasteiger partial charge in [-0.3, -0.25) is 9.79 Å². The van der Waals surface area contributed by atoms with Gasteiger partial charge in [0.05, 0.1) is 12.3 Å². The third-order valence-electron chi connectivity index (χ3n) is 1.07. The minimum atomic E-state index is -0.0312. The second-order valence-corrected chi connectivity index (χ2v) is 1.72. The Morgan fingerprint density at radius 2 is 2.50 bits per heavy atom. The number of carbonyl (C=O) groups excluding carboxylic acids is 1. The molecule has 1 aliphatic heterocycles. The second kappa shape index (κ2) is 1.94. The smallest absolute Gasteiger partial charge is 0.264 e. The maximum absolute atomic E-state index is 10.6. The first-order valence-electron chi connectivity index (χ1n) is 2.60. The topological polar surface area (TPSA) is 41.5 Å². The zero-order chi connectivity index (χ0) is 5.98. The Balaban J connectivity index is 2.67. The standard InChI is InChI=1S/C5H8N2O/c1-4-5(8)7-3-2-6-4/h2-3H2,1H3,(H,7,8). The van der Waals surface area contributed by atoms with Crippen molar-refractivity contribution in [3.63, 3.8) is 0 Å². The summed E-state index contributed by atoms with van der Waals surface area (Å²) in [5, 5.41) is 2.66. The fourth-order valence-electron chi connectivity index (χ4n) is 0.593. The average molecular weight is 112 g/mol. The molecule has 0 unspecified atom stereocenters. The molecule has 3 heteroatoms. The van der Waals surface area contributed by atoms with Crippen LogP contribution < -0.4 is 5.32 Å². The zero-order valence-electron chi connectivity index (χ0n) is 4.77. The summed E-state index contributed by atoms with van der Waals surface area (Å²) < 4.78 is 0. The van der Waals surface area contributed by atoms with Crippen LogP contribution in [0.5, 0.6) is 0 Å². The van der Waals surface area contributed by atoms with E-state index in [0.29, 0.717) is 12.3 Å². The molecule has 1 amide bonds. The molecular weight excluding hydrogens is 104 g/mol. The molecule has 1 aliphatic rings. The Kier molecular flexibility index (Phi) is 1.28. The maximum atomic E-state index is 10.6. The van der Waals surface area contributed by atoms with Crippen molar-refractivity contribution < 1.29 is 4.79 Å². The maximum Gasteiger partial charge on any atom is 0.264 e. The molecule has 44 valence electrons. The molecule has 0 aromatic rings. The van der Waals surface area contributed by atoms with Crippen molar-refractivity contribution in [3.8, 4) is 0 Å². The molecule has 1 N–H and O–H groups in total. The Bertz CT molecular complexity index is 139. The molecule has 0 aromatic heterocycles. The molecule has 0 radical (unpaired) electrons. The molecule has 0 spiro atoms. The molecule has 0 saturated carbocycles. The summed E-state index contributed by atoms with van der Waals surface area (Å²) in [5.74, 6) is -0.0312. The predicted octanol–water partition coefficient (Wildman–Crippen LogP) is -0.423. The van der Waals surface area contributed by atoms with Gasteiger partial charge in [-0.2, -0.15) is 0 Å². The lowest BCUT2D eigenvalue weighted by molar-refractivity contribution is -0.115. The molecule has 8 heavy (non-hydrogen) atoms. The van der Waals surface area contributed by atoms with Gasteiger partial charge < -0.3 is 5.32 Å². The van der Waals surface area contributed by atoms with Crippen molar-refractivity contribution in [1.82, 2.24) is 5.32 Å². The van der Waals surface area contributed by atoms with Gasteiger partial charge in [0.2, 0.25) is 0 Å². The summed E-state index contributed by atoms with van der Waals surface area (Å²) in [6.07, 6.45) is 0. The molecule has 0 atom stereocenters. The minimum absolute atomic E-state index is 0.0312. The molecule has 0 aliphatic carbocycles. The Morgan fingerprint density at radius 1 is 1.75 bits per heavy atom. The third kappa shape index (κ3) is 0.857. The fraction of sp³-hybridized carbons (Fsp3) is 0.600. The molecule has 0 aromatic carbocycles. The van der Waals surface area contributed by atoms with Crippen molar-refractivity contribution in [2.24, 2.45) is 4.99 Å². The van der Waals surface area contributed by atoms with Crippen LogP contribution in [0.25, 0.3) is 0 Å². The number of hydrogen-bond donors (Lipinski definition) is 1. The highest BCUT2D eigenvalue weighted by Crippen LogP contribution is 1.83. The van der Waals surface area contributed by atoms with Crippen molar-refractivity contribution in [1.29, 1.82) is 0 Å². The summed E-state index contributed by atoms with van der Waals surface area (Å²) in [4.78, 5) is 14.5. The van der Waals surface area contributed by atoms with E-state index < -0.39 is 0 Å². The fourth-order valence-corrected chi connectivity index (χ4v) is 0.593. The molecule has 1 rings (SSSR count). The van der Waals surface area contributed by atoms with Crippen LogP contribution >= 0.6 is 0 Å². The van der Waals surface area contributed by atoms with Gasteiger partial charge in [0.25, 0.3) is 5.91 Å². The summed E-state index contributed by atoms with van der Waals surface area (Å²) in [6.45, 7) is 3.14. The van der Waals surface area contributed by atoms with E-state index in [0.717, 1.165) is 6.54 Å². The Morgan fingerprint density at radius 3 is 2.88 bits per heavy atom. The van der Waals surface area contributed by atoms with Crippen LogP contribution in [0.3, 0.4) is 0 Å². The van der Waals surface area contributed by atoms with Crippen LogP contribution in [0.2, 0.25) is 0 Å².